The Labute approximate surface area is 177 Å². The van der Waals surface area contributed by atoms with Gasteiger partial charge in [0.25, 0.3) is 5.91 Å². The molecule has 1 unspecified atom stereocenters. The molecule has 3 amide bonds. The fourth-order valence-electron chi connectivity index (χ4n) is 4.20. The van der Waals surface area contributed by atoms with Gasteiger partial charge in [-0.3, -0.25) is 4.79 Å². The Hall–Kier alpha value is -3.02. The number of ether oxygens (including phenoxy) is 1. The maximum atomic E-state index is 12.8. The smallest absolute Gasteiger partial charge is 0.319 e. The van der Waals surface area contributed by atoms with E-state index in [1.54, 1.807) is 11.8 Å². The number of amides is 3. The van der Waals surface area contributed by atoms with Crippen LogP contribution in [0.3, 0.4) is 0 Å². The van der Waals surface area contributed by atoms with E-state index in [4.69, 9.17) is 4.74 Å². The summed E-state index contributed by atoms with van der Waals surface area (Å²) in [6, 6.07) is 15.6. The Balaban J connectivity index is 1.47. The zero-order chi connectivity index (χ0) is 20.9. The summed E-state index contributed by atoms with van der Waals surface area (Å²) in [6.45, 7) is 2.33. The van der Waals surface area contributed by atoms with Crippen LogP contribution in [0.15, 0.2) is 48.5 Å². The number of nitrogens with zero attached hydrogens (tertiary/aromatic N) is 1. The van der Waals surface area contributed by atoms with Crippen LogP contribution < -0.4 is 20.3 Å². The summed E-state index contributed by atoms with van der Waals surface area (Å²) in [5.74, 6) is 0.593. The molecule has 6 nitrogen and oxygen atoms in total. The first kappa shape index (κ1) is 20.3. The molecule has 1 aliphatic heterocycles. The van der Waals surface area contributed by atoms with Gasteiger partial charge in [-0.1, -0.05) is 49.6 Å². The van der Waals surface area contributed by atoms with Crippen molar-refractivity contribution >= 4 is 23.3 Å². The quantitative estimate of drug-likeness (QED) is 0.767. The zero-order valence-electron chi connectivity index (χ0n) is 17.4. The van der Waals surface area contributed by atoms with Gasteiger partial charge in [0.1, 0.15) is 5.75 Å². The number of nitrogens with one attached hydrogen (secondary N) is 2. The van der Waals surface area contributed by atoms with Crippen molar-refractivity contribution < 1.29 is 14.3 Å². The van der Waals surface area contributed by atoms with Crippen LogP contribution in [0.1, 0.15) is 44.6 Å². The highest BCUT2D eigenvalue weighted by atomic mass is 16.5. The fourth-order valence-corrected chi connectivity index (χ4v) is 4.20. The van der Waals surface area contributed by atoms with Crippen molar-refractivity contribution in [2.24, 2.45) is 0 Å². The summed E-state index contributed by atoms with van der Waals surface area (Å²) in [7, 11) is 0. The van der Waals surface area contributed by atoms with E-state index in [9.17, 15) is 9.59 Å². The maximum Gasteiger partial charge on any atom is 0.319 e. The second-order valence-corrected chi connectivity index (χ2v) is 8.10. The van der Waals surface area contributed by atoms with Gasteiger partial charge < -0.3 is 20.3 Å². The molecular weight excluding hydrogens is 378 g/mol. The minimum Gasteiger partial charge on any atom is -0.479 e. The lowest BCUT2D eigenvalue weighted by Gasteiger charge is -2.33. The number of urea groups is 1. The number of anilines is 2. The standard InChI is InChI=1S/C24H29N3O3/c1-17-23(28)27(15-14-18-8-4-2-5-9-18)21-16-20(12-13-22(21)30-17)26-24(29)25-19-10-6-3-7-11-19/h2,4-5,8-9,12-13,16-17,19H,3,6-7,10-11,14-15H2,1H3,(H2,25,26,29). The summed E-state index contributed by atoms with van der Waals surface area (Å²) in [4.78, 5) is 27.0. The van der Waals surface area contributed by atoms with Gasteiger partial charge in [-0.05, 0) is 49.9 Å². The second-order valence-electron chi connectivity index (χ2n) is 8.10. The molecule has 0 radical (unpaired) electrons. The van der Waals surface area contributed by atoms with E-state index in [-0.39, 0.29) is 18.0 Å². The molecule has 1 heterocycles. The van der Waals surface area contributed by atoms with Crippen molar-refractivity contribution in [2.45, 2.75) is 57.6 Å². The molecule has 6 heteroatoms. The topological polar surface area (TPSA) is 70.7 Å². The molecule has 2 aromatic carbocycles. The average molecular weight is 408 g/mol. The summed E-state index contributed by atoms with van der Waals surface area (Å²) < 4.78 is 5.79. The largest absolute Gasteiger partial charge is 0.479 e. The molecule has 30 heavy (non-hydrogen) atoms. The fraction of sp³-hybridized carbons (Fsp3) is 0.417. The molecule has 0 saturated heterocycles. The molecule has 2 aliphatic rings. The van der Waals surface area contributed by atoms with Gasteiger partial charge in [0.05, 0.1) is 5.69 Å². The van der Waals surface area contributed by atoms with E-state index in [0.29, 0.717) is 23.7 Å². The number of hydrogen-bond donors (Lipinski definition) is 2. The van der Waals surface area contributed by atoms with Crippen molar-refractivity contribution in [3.8, 4) is 5.75 Å². The lowest BCUT2D eigenvalue weighted by molar-refractivity contribution is -0.125. The number of carbonyl (C=O) groups is 2. The van der Waals surface area contributed by atoms with E-state index in [0.717, 1.165) is 32.1 Å². The third-order valence-corrected chi connectivity index (χ3v) is 5.83. The summed E-state index contributed by atoms with van der Waals surface area (Å²) in [5.41, 5.74) is 2.52. The van der Waals surface area contributed by atoms with Gasteiger partial charge in [-0.25, -0.2) is 4.79 Å². The monoisotopic (exact) mass is 407 g/mol. The third kappa shape index (κ3) is 4.75. The second kappa shape index (κ2) is 9.20. The lowest BCUT2D eigenvalue weighted by atomic mass is 9.96. The van der Waals surface area contributed by atoms with E-state index in [1.807, 2.05) is 36.4 Å². The minimum absolute atomic E-state index is 0.0674. The van der Waals surface area contributed by atoms with Gasteiger partial charge >= 0.3 is 6.03 Å². The number of benzene rings is 2. The molecule has 0 spiro atoms. The minimum atomic E-state index is -0.526. The van der Waals surface area contributed by atoms with Crippen LogP contribution in [-0.4, -0.2) is 30.6 Å². The van der Waals surface area contributed by atoms with Crippen molar-refractivity contribution in [3.05, 3.63) is 54.1 Å². The van der Waals surface area contributed by atoms with E-state index in [1.165, 1.54) is 12.0 Å². The van der Waals surface area contributed by atoms with Crippen molar-refractivity contribution in [1.29, 1.82) is 0 Å². The van der Waals surface area contributed by atoms with Gasteiger partial charge in [0, 0.05) is 18.3 Å². The molecule has 4 rings (SSSR count). The van der Waals surface area contributed by atoms with Crippen LogP contribution in [0.5, 0.6) is 5.75 Å². The molecule has 1 atom stereocenters. The van der Waals surface area contributed by atoms with Crippen LogP contribution >= 0.6 is 0 Å². The predicted octanol–water partition coefficient (Wildman–Crippen LogP) is 4.50. The number of fused-ring (bicyclic) bond motifs is 1. The van der Waals surface area contributed by atoms with Gasteiger partial charge in [0.2, 0.25) is 0 Å². The predicted molar refractivity (Wildman–Crippen MR) is 118 cm³/mol. The van der Waals surface area contributed by atoms with Crippen molar-refractivity contribution in [1.82, 2.24) is 5.32 Å². The van der Waals surface area contributed by atoms with Crippen molar-refractivity contribution in [3.63, 3.8) is 0 Å². The number of carbonyl (C=O) groups excluding carboxylic acids is 2. The molecule has 0 aromatic heterocycles. The van der Waals surface area contributed by atoms with Crippen molar-refractivity contribution in [2.75, 3.05) is 16.8 Å². The lowest BCUT2D eigenvalue weighted by Crippen LogP contribution is -2.45. The Bertz CT molecular complexity index is 894. The number of hydrogen-bond acceptors (Lipinski definition) is 3. The maximum absolute atomic E-state index is 12.8. The van der Waals surface area contributed by atoms with Crippen LogP contribution in [0, 0.1) is 0 Å². The first-order chi connectivity index (χ1) is 14.6. The first-order valence-corrected chi connectivity index (χ1v) is 10.8. The van der Waals surface area contributed by atoms with Crippen LogP contribution in [0.4, 0.5) is 16.2 Å². The molecule has 1 aliphatic carbocycles. The number of rotatable bonds is 5. The molecule has 0 bridgehead atoms. The van der Waals surface area contributed by atoms with Crippen LogP contribution in [0.25, 0.3) is 0 Å². The highest BCUT2D eigenvalue weighted by Gasteiger charge is 2.31. The summed E-state index contributed by atoms with van der Waals surface area (Å²) >= 11 is 0. The van der Waals surface area contributed by atoms with Crippen LogP contribution in [0.2, 0.25) is 0 Å². The Kier molecular flexibility index (Phi) is 6.21. The van der Waals surface area contributed by atoms with Gasteiger partial charge in [-0.2, -0.15) is 0 Å². The first-order valence-electron chi connectivity index (χ1n) is 10.8. The van der Waals surface area contributed by atoms with E-state index in [2.05, 4.69) is 22.8 Å². The zero-order valence-corrected chi connectivity index (χ0v) is 17.4. The van der Waals surface area contributed by atoms with Gasteiger partial charge in [-0.15, -0.1) is 0 Å². The SMILES string of the molecule is CC1Oc2ccc(NC(=O)NC3CCCCC3)cc2N(CCc2ccccc2)C1=O. The molecule has 1 fully saturated rings. The summed E-state index contributed by atoms with van der Waals surface area (Å²) in [6.07, 6.45) is 5.86. The molecule has 1 saturated carbocycles. The molecule has 158 valence electrons. The highest BCUT2D eigenvalue weighted by molar-refractivity contribution is 6.01. The summed E-state index contributed by atoms with van der Waals surface area (Å²) in [5, 5.41) is 5.98. The molecule has 2 aromatic rings. The van der Waals surface area contributed by atoms with E-state index < -0.39 is 6.10 Å². The van der Waals surface area contributed by atoms with Gasteiger partial charge in [0.15, 0.2) is 6.10 Å². The average Bonchev–Trinajstić information content (AvgIpc) is 2.76. The highest BCUT2D eigenvalue weighted by Crippen LogP contribution is 2.36. The van der Waals surface area contributed by atoms with Crippen LogP contribution in [-0.2, 0) is 11.2 Å². The molecular formula is C24H29N3O3. The molecule has 2 N–H and O–H groups in total. The van der Waals surface area contributed by atoms with E-state index >= 15 is 0 Å². The Morgan fingerprint density at radius 2 is 1.87 bits per heavy atom. The Morgan fingerprint density at radius 3 is 2.63 bits per heavy atom. The third-order valence-electron chi connectivity index (χ3n) is 5.83. The Morgan fingerprint density at radius 1 is 1.10 bits per heavy atom. The normalized spacial score (nSPS) is 19.0.